The van der Waals surface area contributed by atoms with Crippen LogP contribution in [0.15, 0.2) is 36.4 Å². The van der Waals surface area contributed by atoms with Gasteiger partial charge in [0.1, 0.15) is 0 Å². The fourth-order valence-electron chi connectivity index (χ4n) is 5.04. The number of rotatable bonds is 9. The first-order valence-electron chi connectivity index (χ1n) is 11.7. The van der Waals surface area contributed by atoms with Crippen molar-refractivity contribution in [3.05, 3.63) is 47.5 Å². The molecule has 31 heavy (non-hydrogen) atoms. The maximum absolute atomic E-state index is 5.66. The highest BCUT2D eigenvalue weighted by Gasteiger charge is 2.34. The molecule has 2 aliphatic rings. The van der Waals surface area contributed by atoms with Gasteiger partial charge in [0, 0.05) is 31.4 Å². The molecular weight excluding hydrogens is 388 g/mol. The van der Waals surface area contributed by atoms with Crippen molar-refractivity contribution in [2.75, 3.05) is 45.0 Å². The molecule has 2 aliphatic heterocycles. The van der Waals surface area contributed by atoms with Crippen LogP contribution >= 0.6 is 0 Å². The summed E-state index contributed by atoms with van der Waals surface area (Å²) in [5.41, 5.74) is 4.02. The molecule has 0 aromatic heterocycles. The number of likely N-dealkylation sites (N-methyl/N-ethyl adjacent to an activating group) is 1. The van der Waals surface area contributed by atoms with E-state index in [-0.39, 0.29) is 6.79 Å². The Kier molecular flexibility index (Phi) is 6.91. The lowest BCUT2D eigenvalue weighted by Crippen LogP contribution is -2.25. The summed E-state index contributed by atoms with van der Waals surface area (Å²) in [6.45, 7) is 11.3. The molecule has 5 heteroatoms. The molecule has 0 aliphatic carbocycles. The number of likely N-dealkylation sites (tertiary alicyclic amines) is 1. The first-order valence-corrected chi connectivity index (χ1v) is 11.7. The van der Waals surface area contributed by atoms with Crippen molar-refractivity contribution in [3.8, 4) is 17.2 Å². The topological polar surface area (TPSA) is 34.2 Å². The second kappa shape index (κ2) is 9.82. The SMILES string of the molecule is CCCN(CCC)c1ccc([C@H]2C[C@@H](c3cc(OC)c4c(c3)OCO4)CN2CC)cc1. The Morgan fingerprint density at radius 1 is 1.00 bits per heavy atom. The van der Waals surface area contributed by atoms with Crippen LogP contribution in [0.4, 0.5) is 5.69 Å². The van der Waals surface area contributed by atoms with Crippen LogP contribution in [0.3, 0.4) is 0 Å². The van der Waals surface area contributed by atoms with E-state index in [1.807, 2.05) is 0 Å². The van der Waals surface area contributed by atoms with Gasteiger partial charge >= 0.3 is 0 Å². The van der Waals surface area contributed by atoms with Gasteiger partial charge in [-0.2, -0.15) is 0 Å². The smallest absolute Gasteiger partial charge is 0.231 e. The lowest BCUT2D eigenvalue weighted by atomic mass is 9.93. The average Bonchev–Trinajstić information content (AvgIpc) is 3.45. The lowest BCUT2D eigenvalue weighted by Gasteiger charge is -2.26. The van der Waals surface area contributed by atoms with Crippen LogP contribution in [0.1, 0.15) is 63.1 Å². The second-order valence-electron chi connectivity index (χ2n) is 8.57. The number of hydrogen-bond acceptors (Lipinski definition) is 5. The van der Waals surface area contributed by atoms with Crippen LogP contribution < -0.4 is 19.1 Å². The minimum Gasteiger partial charge on any atom is -0.493 e. The molecule has 2 aromatic rings. The number of benzene rings is 2. The van der Waals surface area contributed by atoms with Gasteiger partial charge in [-0.25, -0.2) is 0 Å². The minimum atomic E-state index is 0.267. The van der Waals surface area contributed by atoms with E-state index in [0.29, 0.717) is 12.0 Å². The number of hydrogen-bond donors (Lipinski definition) is 0. The Labute approximate surface area is 186 Å². The Balaban J connectivity index is 1.54. The molecule has 0 spiro atoms. The van der Waals surface area contributed by atoms with Gasteiger partial charge in [-0.1, -0.05) is 32.9 Å². The zero-order valence-electron chi connectivity index (χ0n) is 19.4. The average molecular weight is 425 g/mol. The molecule has 5 nitrogen and oxygen atoms in total. The number of nitrogens with zero attached hydrogens (tertiary/aromatic N) is 2. The molecule has 0 bridgehead atoms. The molecule has 0 unspecified atom stereocenters. The largest absolute Gasteiger partial charge is 0.493 e. The zero-order valence-corrected chi connectivity index (χ0v) is 19.4. The van der Waals surface area contributed by atoms with Crippen LogP contribution in [-0.4, -0.2) is 45.0 Å². The van der Waals surface area contributed by atoms with Crippen molar-refractivity contribution in [3.63, 3.8) is 0 Å². The number of ether oxygens (including phenoxy) is 3. The molecule has 4 rings (SSSR count). The number of fused-ring (bicyclic) bond motifs is 1. The predicted molar refractivity (Wildman–Crippen MR) is 126 cm³/mol. The highest BCUT2D eigenvalue weighted by molar-refractivity contribution is 5.56. The van der Waals surface area contributed by atoms with Gasteiger partial charge in [0.15, 0.2) is 11.5 Å². The van der Waals surface area contributed by atoms with Gasteiger partial charge in [-0.05, 0) is 67.1 Å². The normalized spacial score (nSPS) is 20.3. The van der Waals surface area contributed by atoms with Gasteiger partial charge in [0.2, 0.25) is 12.5 Å². The van der Waals surface area contributed by atoms with E-state index in [4.69, 9.17) is 14.2 Å². The van der Waals surface area contributed by atoms with Crippen LogP contribution in [0.2, 0.25) is 0 Å². The van der Waals surface area contributed by atoms with Gasteiger partial charge in [-0.15, -0.1) is 0 Å². The predicted octanol–water partition coefficient (Wildman–Crippen LogP) is 5.60. The summed E-state index contributed by atoms with van der Waals surface area (Å²) >= 11 is 0. The Bertz CT molecular complexity index is 862. The van der Waals surface area contributed by atoms with Crippen LogP contribution in [0.25, 0.3) is 0 Å². The molecule has 2 heterocycles. The Hall–Kier alpha value is -2.40. The van der Waals surface area contributed by atoms with Gasteiger partial charge < -0.3 is 19.1 Å². The van der Waals surface area contributed by atoms with Gasteiger partial charge in [-0.3, -0.25) is 4.90 Å². The first-order chi connectivity index (χ1) is 15.2. The van der Waals surface area contributed by atoms with E-state index >= 15 is 0 Å². The van der Waals surface area contributed by atoms with Crippen LogP contribution in [0, 0.1) is 0 Å². The molecule has 2 aromatic carbocycles. The second-order valence-corrected chi connectivity index (χ2v) is 8.57. The van der Waals surface area contributed by atoms with E-state index in [0.717, 1.165) is 49.8 Å². The van der Waals surface area contributed by atoms with Crippen molar-refractivity contribution < 1.29 is 14.2 Å². The summed E-state index contributed by atoms with van der Waals surface area (Å²) in [4.78, 5) is 5.09. The standard InChI is InChI=1S/C26H36N2O3/c1-5-12-28(13-6-2)22-10-8-19(9-11-22)23-14-21(17-27(23)7-3)20-15-24(29-4)26-25(16-20)30-18-31-26/h8-11,15-16,21,23H,5-7,12-14,17-18H2,1-4H3/t21-,23-/m1/s1. The molecule has 1 saturated heterocycles. The Morgan fingerprint density at radius 3 is 2.39 bits per heavy atom. The van der Waals surface area contributed by atoms with E-state index in [1.54, 1.807) is 7.11 Å². The molecule has 2 atom stereocenters. The Morgan fingerprint density at radius 2 is 1.74 bits per heavy atom. The van der Waals surface area contributed by atoms with E-state index in [1.165, 1.54) is 29.7 Å². The summed E-state index contributed by atoms with van der Waals surface area (Å²) in [5.74, 6) is 2.75. The van der Waals surface area contributed by atoms with E-state index < -0.39 is 0 Å². The molecule has 0 radical (unpaired) electrons. The van der Waals surface area contributed by atoms with Crippen molar-refractivity contribution >= 4 is 5.69 Å². The van der Waals surface area contributed by atoms with Crippen LogP contribution in [-0.2, 0) is 0 Å². The lowest BCUT2D eigenvalue weighted by molar-refractivity contribution is 0.171. The summed E-state index contributed by atoms with van der Waals surface area (Å²) in [6, 6.07) is 14.0. The van der Waals surface area contributed by atoms with Crippen molar-refractivity contribution in [1.82, 2.24) is 4.90 Å². The quantitative estimate of drug-likeness (QED) is 0.523. The fraction of sp³-hybridized carbons (Fsp3) is 0.538. The molecule has 0 amide bonds. The highest BCUT2D eigenvalue weighted by Crippen LogP contribution is 2.47. The number of methoxy groups -OCH3 is 1. The fourth-order valence-corrected chi connectivity index (χ4v) is 5.04. The van der Waals surface area contributed by atoms with Crippen LogP contribution in [0.5, 0.6) is 17.2 Å². The van der Waals surface area contributed by atoms with Gasteiger partial charge in [0.25, 0.3) is 0 Å². The summed E-state index contributed by atoms with van der Waals surface area (Å²) in [7, 11) is 1.69. The van der Waals surface area contributed by atoms with Crippen molar-refractivity contribution in [2.45, 2.75) is 52.0 Å². The third kappa shape index (κ3) is 4.47. The summed E-state index contributed by atoms with van der Waals surface area (Å²) < 4.78 is 16.8. The first kappa shape index (κ1) is 21.8. The monoisotopic (exact) mass is 424 g/mol. The zero-order chi connectivity index (χ0) is 21.8. The summed E-state index contributed by atoms with van der Waals surface area (Å²) in [6.07, 6.45) is 3.45. The van der Waals surface area contributed by atoms with Crippen molar-refractivity contribution in [1.29, 1.82) is 0 Å². The third-order valence-electron chi connectivity index (χ3n) is 6.59. The summed E-state index contributed by atoms with van der Waals surface area (Å²) in [5, 5.41) is 0. The van der Waals surface area contributed by atoms with Gasteiger partial charge in [0.05, 0.1) is 7.11 Å². The molecular formula is C26H36N2O3. The van der Waals surface area contributed by atoms with Crippen molar-refractivity contribution in [2.24, 2.45) is 0 Å². The maximum Gasteiger partial charge on any atom is 0.231 e. The van der Waals surface area contributed by atoms with E-state index in [9.17, 15) is 0 Å². The molecule has 1 fully saturated rings. The maximum atomic E-state index is 5.66. The molecule has 168 valence electrons. The minimum absolute atomic E-state index is 0.267. The van der Waals surface area contributed by atoms with E-state index in [2.05, 4.69) is 67.0 Å². The number of anilines is 1. The molecule has 0 saturated carbocycles. The highest BCUT2D eigenvalue weighted by atomic mass is 16.7. The molecule has 0 N–H and O–H groups in total. The third-order valence-corrected chi connectivity index (χ3v) is 6.59.